The van der Waals surface area contributed by atoms with Crippen LogP contribution in [0.5, 0.6) is 0 Å². The van der Waals surface area contributed by atoms with Gasteiger partial charge in [0.1, 0.15) is 11.4 Å². The summed E-state index contributed by atoms with van der Waals surface area (Å²) in [6.07, 6.45) is 4.75. The van der Waals surface area contributed by atoms with Crippen LogP contribution in [0, 0.1) is 11.8 Å². The summed E-state index contributed by atoms with van der Waals surface area (Å²) in [5.74, 6) is 1.87. The van der Waals surface area contributed by atoms with Crippen molar-refractivity contribution in [3.63, 3.8) is 0 Å². The zero-order chi connectivity index (χ0) is 22.9. The highest BCUT2D eigenvalue weighted by atomic mass is 32.1. The van der Waals surface area contributed by atoms with Crippen LogP contribution < -0.4 is 0 Å². The molecule has 2 aliphatic carbocycles. The Morgan fingerprint density at radius 1 is 1.00 bits per heavy atom. The van der Waals surface area contributed by atoms with Crippen LogP contribution in [0.4, 0.5) is 0 Å². The Bertz CT molecular complexity index is 1330. The first-order chi connectivity index (χ1) is 16.6. The van der Waals surface area contributed by atoms with Crippen LogP contribution in [0.2, 0.25) is 0 Å². The summed E-state index contributed by atoms with van der Waals surface area (Å²) in [7, 11) is 0. The average molecular weight is 470 g/mol. The summed E-state index contributed by atoms with van der Waals surface area (Å²) in [5, 5.41) is 3.39. The second kappa shape index (κ2) is 7.51. The third-order valence-corrected chi connectivity index (χ3v) is 8.73. The molecule has 6 heteroatoms. The minimum Gasteiger partial charge on any atom is -0.342 e. The van der Waals surface area contributed by atoms with Gasteiger partial charge < -0.3 is 4.90 Å². The molecule has 3 fully saturated rings. The third kappa shape index (κ3) is 3.38. The van der Waals surface area contributed by atoms with Crippen molar-refractivity contribution < 1.29 is 9.59 Å². The van der Waals surface area contributed by atoms with E-state index in [1.54, 1.807) is 11.3 Å². The number of hydrogen-bond acceptors (Lipinski definition) is 4. The maximum atomic E-state index is 13.3. The highest BCUT2D eigenvalue weighted by Gasteiger charge is 2.57. The van der Waals surface area contributed by atoms with E-state index < -0.39 is 5.54 Å². The number of fused-ring (bicyclic) bond motifs is 1. The minimum absolute atomic E-state index is 0.154. The molecule has 2 aliphatic heterocycles. The standard InChI is InChI=1S/C28H27N3O2S/c32-26(21-5-6-21)30-13-9-18(16-30)17-31-25(29-28(11-12-28)27(31)33)20-3-1-19(2-4-20)22-7-8-24-23(15-22)10-14-34-24/h1-4,7-8,10,14-15,18,21H,5-6,9,11-13,16-17H2/t18-/m1/s1. The Hall–Kier alpha value is -2.99. The molecule has 2 saturated carbocycles. The van der Waals surface area contributed by atoms with Crippen LogP contribution in [-0.2, 0) is 9.59 Å². The molecule has 0 radical (unpaired) electrons. The van der Waals surface area contributed by atoms with Gasteiger partial charge >= 0.3 is 0 Å². The van der Waals surface area contributed by atoms with Gasteiger partial charge in [-0.2, -0.15) is 0 Å². The molecule has 1 spiro atoms. The molecule has 1 saturated heterocycles. The van der Waals surface area contributed by atoms with Gasteiger partial charge in [0.2, 0.25) is 5.91 Å². The Morgan fingerprint density at radius 2 is 1.76 bits per heavy atom. The molecule has 0 unspecified atom stereocenters. The van der Waals surface area contributed by atoms with Gasteiger partial charge in [-0.1, -0.05) is 30.3 Å². The lowest BCUT2D eigenvalue weighted by atomic mass is 10.0. The molecule has 2 aromatic carbocycles. The van der Waals surface area contributed by atoms with Crippen molar-refractivity contribution in [2.24, 2.45) is 16.8 Å². The van der Waals surface area contributed by atoms with Crippen LogP contribution >= 0.6 is 11.3 Å². The second-order valence-electron chi connectivity index (χ2n) is 10.3. The molecule has 0 N–H and O–H groups in total. The van der Waals surface area contributed by atoms with Crippen molar-refractivity contribution in [1.29, 1.82) is 0 Å². The van der Waals surface area contributed by atoms with Gasteiger partial charge in [-0.3, -0.25) is 19.5 Å². The van der Waals surface area contributed by atoms with Crippen LogP contribution in [0.3, 0.4) is 0 Å². The number of benzene rings is 2. The van der Waals surface area contributed by atoms with E-state index in [-0.39, 0.29) is 11.8 Å². The van der Waals surface area contributed by atoms with Crippen LogP contribution in [0.15, 0.2) is 58.9 Å². The van der Waals surface area contributed by atoms with E-state index >= 15 is 0 Å². The first-order valence-corrected chi connectivity index (χ1v) is 13.3. The molecule has 4 aliphatic rings. The molecule has 5 nitrogen and oxygen atoms in total. The van der Waals surface area contributed by atoms with Gasteiger partial charge in [0.05, 0.1) is 0 Å². The average Bonchev–Trinajstić information content (AvgIpc) is 3.74. The van der Waals surface area contributed by atoms with Gasteiger partial charge in [0.15, 0.2) is 0 Å². The molecule has 1 atom stereocenters. The number of rotatable bonds is 5. The Kier molecular flexibility index (Phi) is 4.50. The zero-order valence-corrected chi connectivity index (χ0v) is 19.9. The Morgan fingerprint density at radius 3 is 2.53 bits per heavy atom. The summed E-state index contributed by atoms with van der Waals surface area (Å²) in [5.41, 5.74) is 2.85. The highest BCUT2D eigenvalue weighted by molar-refractivity contribution is 7.17. The second-order valence-corrected chi connectivity index (χ2v) is 11.3. The number of likely N-dealkylation sites (tertiary alicyclic amines) is 1. The number of thiophene rings is 1. The van der Waals surface area contributed by atoms with Crippen molar-refractivity contribution in [3.8, 4) is 11.1 Å². The summed E-state index contributed by atoms with van der Waals surface area (Å²) in [6, 6.07) is 17.2. The molecule has 3 aromatic rings. The summed E-state index contributed by atoms with van der Waals surface area (Å²) in [6.45, 7) is 2.25. The van der Waals surface area contributed by atoms with E-state index in [0.717, 1.165) is 56.6 Å². The molecule has 1 aromatic heterocycles. The van der Waals surface area contributed by atoms with E-state index in [4.69, 9.17) is 4.99 Å². The number of hydrogen-bond donors (Lipinski definition) is 0. The van der Waals surface area contributed by atoms with Crippen molar-refractivity contribution >= 4 is 39.1 Å². The third-order valence-electron chi connectivity index (χ3n) is 7.84. The van der Waals surface area contributed by atoms with Gasteiger partial charge in [0.25, 0.3) is 5.91 Å². The van der Waals surface area contributed by atoms with Gasteiger partial charge in [-0.25, -0.2) is 0 Å². The quantitative estimate of drug-likeness (QED) is 0.531. The van der Waals surface area contributed by atoms with E-state index in [1.165, 1.54) is 21.2 Å². The van der Waals surface area contributed by atoms with Gasteiger partial charge in [-0.15, -0.1) is 11.3 Å². The number of carbonyl (C=O) groups excluding carboxylic acids is 2. The normalized spacial score (nSPS) is 23.2. The fourth-order valence-corrected chi connectivity index (χ4v) is 6.25. The van der Waals surface area contributed by atoms with E-state index in [1.807, 2.05) is 9.80 Å². The van der Waals surface area contributed by atoms with Crippen LogP contribution in [0.25, 0.3) is 21.2 Å². The Labute approximate surface area is 203 Å². The molecular formula is C28H27N3O2S. The van der Waals surface area contributed by atoms with Crippen LogP contribution in [0.1, 0.15) is 37.7 Å². The highest BCUT2D eigenvalue weighted by Crippen LogP contribution is 2.46. The number of nitrogens with zero attached hydrogens (tertiary/aromatic N) is 3. The lowest BCUT2D eigenvalue weighted by Crippen LogP contribution is -2.40. The smallest absolute Gasteiger partial charge is 0.256 e. The SMILES string of the molecule is O=C(C1CC1)N1CC[C@@H](CN2C(=O)C3(CC3)N=C2c2ccc(-c3ccc4sccc4c3)cc2)C1. The molecule has 3 heterocycles. The predicted octanol–water partition coefficient (Wildman–Crippen LogP) is 4.95. The van der Waals surface area contributed by atoms with Crippen molar-refractivity contribution in [1.82, 2.24) is 9.80 Å². The lowest BCUT2D eigenvalue weighted by molar-refractivity contribution is -0.131. The number of amides is 2. The minimum atomic E-state index is -0.514. The first-order valence-electron chi connectivity index (χ1n) is 12.4. The fraction of sp³-hybridized carbons (Fsp3) is 0.393. The predicted molar refractivity (Wildman–Crippen MR) is 135 cm³/mol. The van der Waals surface area contributed by atoms with Gasteiger partial charge in [0, 0.05) is 35.8 Å². The maximum absolute atomic E-state index is 13.3. The van der Waals surface area contributed by atoms with Crippen molar-refractivity contribution in [2.75, 3.05) is 19.6 Å². The number of carbonyl (C=O) groups is 2. The molecular weight excluding hydrogens is 442 g/mol. The number of aliphatic imine (C=N–C) groups is 1. The van der Waals surface area contributed by atoms with E-state index in [2.05, 4.69) is 53.9 Å². The number of amidine groups is 1. The van der Waals surface area contributed by atoms with Crippen LogP contribution in [-0.4, -0.2) is 52.6 Å². The van der Waals surface area contributed by atoms with Gasteiger partial charge in [-0.05, 0) is 78.1 Å². The molecule has 0 bridgehead atoms. The van der Waals surface area contributed by atoms with Crippen molar-refractivity contribution in [3.05, 3.63) is 59.5 Å². The lowest BCUT2D eigenvalue weighted by Gasteiger charge is -2.23. The van der Waals surface area contributed by atoms with Crippen molar-refractivity contribution in [2.45, 2.75) is 37.6 Å². The maximum Gasteiger partial charge on any atom is 0.256 e. The van der Waals surface area contributed by atoms with E-state index in [9.17, 15) is 9.59 Å². The summed E-state index contributed by atoms with van der Waals surface area (Å²) < 4.78 is 1.30. The monoisotopic (exact) mass is 469 g/mol. The molecule has 7 rings (SSSR count). The largest absolute Gasteiger partial charge is 0.342 e. The molecule has 34 heavy (non-hydrogen) atoms. The zero-order valence-electron chi connectivity index (χ0n) is 19.1. The molecule has 2 amide bonds. The fourth-order valence-electron chi connectivity index (χ4n) is 5.48. The summed E-state index contributed by atoms with van der Waals surface area (Å²) in [4.78, 5) is 34.7. The summed E-state index contributed by atoms with van der Waals surface area (Å²) >= 11 is 1.76. The first kappa shape index (κ1) is 20.4. The Balaban J connectivity index is 1.12. The topological polar surface area (TPSA) is 53.0 Å². The molecule has 172 valence electrons. The van der Waals surface area contributed by atoms with E-state index in [0.29, 0.717) is 18.4 Å².